The van der Waals surface area contributed by atoms with Gasteiger partial charge in [0.15, 0.2) is 21.3 Å². The summed E-state index contributed by atoms with van der Waals surface area (Å²) in [6.45, 7) is 12.8. The number of sulfone groups is 1. The maximum absolute atomic E-state index is 15.9. The van der Waals surface area contributed by atoms with Crippen molar-refractivity contribution in [2.24, 2.45) is 0 Å². The van der Waals surface area contributed by atoms with Gasteiger partial charge in [-0.05, 0) is 37.3 Å². The van der Waals surface area contributed by atoms with Gasteiger partial charge in [0, 0.05) is 32.1 Å². The molecule has 0 spiro atoms. The molecule has 1 atom stereocenters. The summed E-state index contributed by atoms with van der Waals surface area (Å²) < 4.78 is 57.4. The Labute approximate surface area is 255 Å². The minimum Gasteiger partial charge on any atom is -0.342 e. The second-order valence-corrected chi connectivity index (χ2v) is 12.4. The Morgan fingerprint density at radius 3 is 2.64 bits per heavy atom. The zero-order chi connectivity index (χ0) is 31.9. The Morgan fingerprint density at radius 2 is 1.98 bits per heavy atom. The van der Waals surface area contributed by atoms with Crippen LogP contribution in [0.2, 0.25) is 5.02 Å². The average Bonchev–Trinajstić information content (AvgIpc) is 2.97. The van der Waals surface area contributed by atoms with Crippen molar-refractivity contribution >= 4 is 44.2 Å². The highest BCUT2D eigenvalue weighted by atomic mass is 35.5. The van der Waals surface area contributed by atoms with Gasteiger partial charge >= 0.3 is 5.69 Å². The number of rotatable bonds is 6. The van der Waals surface area contributed by atoms with E-state index in [9.17, 15) is 18.0 Å². The van der Waals surface area contributed by atoms with E-state index < -0.39 is 38.9 Å². The monoisotopic (exact) mass is 639 g/mol. The molecular weight excluding hydrogens is 616 g/mol. The fraction of sp³-hybridized carbons (Fsp3) is 0.241. The molecule has 0 bridgehead atoms. The topological polar surface area (TPSA) is 123 Å². The van der Waals surface area contributed by atoms with Crippen LogP contribution in [0.25, 0.3) is 32.8 Å². The molecule has 1 fully saturated rings. The van der Waals surface area contributed by atoms with Crippen molar-refractivity contribution in [3.8, 4) is 16.9 Å². The highest BCUT2D eigenvalue weighted by Gasteiger charge is 2.34. The molecule has 1 aliphatic rings. The molecule has 4 aromatic rings. The van der Waals surface area contributed by atoms with Crippen LogP contribution in [0.15, 0.2) is 58.9 Å². The van der Waals surface area contributed by atoms with Gasteiger partial charge in [-0.3, -0.25) is 9.78 Å². The molecule has 0 aliphatic carbocycles. The summed E-state index contributed by atoms with van der Waals surface area (Å²) in [7, 11) is -3.94. The van der Waals surface area contributed by atoms with E-state index in [1.54, 1.807) is 4.90 Å². The Bertz CT molecular complexity index is 2040. The highest BCUT2D eigenvalue weighted by Crippen LogP contribution is 2.36. The Kier molecular flexibility index (Phi) is 8.19. The summed E-state index contributed by atoms with van der Waals surface area (Å²) in [6, 6.07) is 5.34. The first kappa shape index (κ1) is 30.7. The van der Waals surface area contributed by atoms with Crippen molar-refractivity contribution in [1.82, 2.24) is 24.4 Å². The van der Waals surface area contributed by atoms with Crippen LogP contribution in [0, 0.1) is 25.1 Å². The number of hydrogen-bond donors (Lipinski definition) is 0. The Hall–Kier alpha value is -4.74. The number of halogens is 3. The molecule has 0 radical (unpaired) electrons. The third kappa shape index (κ3) is 5.40. The van der Waals surface area contributed by atoms with Gasteiger partial charge in [0.1, 0.15) is 23.4 Å². The number of aryl methyl sites for hydroxylation is 1. The second kappa shape index (κ2) is 11.7. The summed E-state index contributed by atoms with van der Waals surface area (Å²) in [5.41, 5.74) is -2.14. The van der Waals surface area contributed by atoms with Crippen molar-refractivity contribution in [2.45, 2.75) is 17.9 Å². The fourth-order valence-electron chi connectivity index (χ4n) is 5.26. The number of aromatic nitrogens is 4. The van der Waals surface area contributed by atoms with Crippen LogP contribution in [0.5, 0.6) is 0 Å². The van der Waals surface area contributed by atoms with Crippen molar-refractivity contribution in [2.75, 3.05) is 37.3 Å². The van der Waals surface area contributed by atoms with E-state index in [1.165, 1.54) is 36.2 Å². The number of nitrogens with zero attached hydrogens (tertiary/aromatic N) is 7. The lowest BCUT2D eigenvalue weighted by molar-refractivity contribution is -0.126. The summed E-state index contributed by atoms with van der Waals surface area (Å²) in [5.74, 6) is -2.25. The van der Waals surface area contributed by atoms with E-state index >= 15 is 8.78 Å². The van der Waals surface area contributed by atoms with E-state index in [-0.39, 0.29) is 75.8 Å². The summed E-state index contributed by atoms with van der Waals surface area (Å²) in [5, 5.41) is -0.173. The molecule has 0 unspecified atom stereocenters. The maximum atomic E-state index is 15.9. The van der Waals surface area contributed by atoms with Gasteiger partial charge < -0.3 is 14.6 Å². The zero-order valence-corrected chi connectivity index (χ0v) is 25.0. The van der Waals surface area contributed by atoms with Gasteiger partial charge in [0.25, 0.3) is 0 Å². The molecule has 44 heavy (non-hydrogen) atoms. The van der Waals surface area contributed by atoms with Crippen molar-refractivity contribution in [3.05, 3.63) is 93.4 Å². The van der Waals surface area contributed by atoms with Crippen LogP contribution >= 0.6 is 11.6 Å². The van der Waals surface area contributed by atoms with Gasteiger partial charge in [-0.2, -0.15) is 4.98 Å². The fourth-order valence-corrected chi connectivity index (χ4v) is 6.41. The number of carbonyl (C=O) groups excluding carboxylic acids is 1. The predicted molar refractivity (Wildman–Crippen MR) is 161 cm³/mol. The lowest BCUT2D eigenvalue weighted by atomic mass is 10.1. The molecule has 1 amide bonds. The predicted octanol–water partition coefficient (Wildman–Crippen LogP) is 3.61. The van der Waals surface area contributed by atoms with Crippen molar-refractivity contribution in [1.29, 1.82) is 0 Å². The number of pyridine rings is 2. The first-order valence-corrected chi connectivity index (χ1v) is 15.4. The molecule has 0 saturated carbocycles. The molecule has 3 aromatic heterocycles. The normalized spacial score (nSPS) is 15.3. The number of benzene rings is 1. The van der Waals surface area contributed by atoms with Crippen molar-refractivity contribution in [3.63, 3.8) is 0 Å². The third-order valence-electron chi connectivity index (χ3n) is 7.24. The van der Waals surface area contributed by atoms with Crippen molar-refractivity contribution < 1.29 is 22.0 Å². The van der Waals surface area contributed by atoms with Gasteiger partial charge in [0.05, 0.1) is 32.2 Å². The van der Waals surface area contributed by atoms with Gasteiger partial charge in [-0.25, -0.2) is 38.1 Å². The number of hydrogen-bond acceptors (Lipinski definition) is 8. The number of piperazine rings is 1. The second-order valence-electron chi connectivity index (χ2n) is 10.0. The molecule has 1 saturated heterocycles. The van der Waals surface area contributed by atoms with Crippen LogP contribution in [-0.4, -0.2) is 77.2 Å². The number of anilines is 1. The van der Waals surface area contributed by atoms with Gasteiger partial charge in [-0.15, -0.1) is 0 Å². The summed E-state index contributed by atoms with van der Waals surface area (Å²) in [6.07, 6.45) is 3.38. The van der Waals surface area contributed by atoms with Crippen LogP contribution in [0.1, 0.15) is 5.69 Å². The van der Waals surface area contributed by atoms with E-state index in [1.807, 2.05) is 0 Å². The highest BCUT2D eigenvalue weighted by molar-refractivity contribution is 7.90. The lowest BCUT2D eigenvalue weighted by Gasteiger charge is -2.39. The van der Waals surface area contributed by atoms with Crippen LogP contribution in [-0.2, 0) is 14.6 Å². The average molecular weight is 640 g/mol. The Balaban J connectivity index is 1.88. The van der Waals surface area contributed by atoms with E-state index in [4.69, 9.17) is 18.2 Å². The molecule has 11 nitrogen and oxygen atoms in total. The van der Waals surface area contributed by atoms with Gasteiger partial charge in [-0.1, -0.05) is 24.2 Å². The SMILES string of the molecule is [C-]#[N+]C[C@H]1CN(C(=O)C=C)CCN1c1nc(=O)n(-c2c(S(C)(=O)=O)ccnc2C)c2nc(-c3c(F)cccc3Cl)c(F)cc12. The minimum atomic E-state index is -3.94. The minimum absolute atomic E-state index is 0.0282. The lowest BCUT2D eigenvalue weighted by Crippen LogP contribution is -2.56. The quantitative estimate of drug-likeness (QED) is 0.232. The zero-order valence-electron chi connectivity index (χ0n) is 23.5. The smallest absolute Gasteiger partial charge is 0.342 e. The van der Waals surface area contributed by atoms with Crippen LogP contribution in [0.4, 0.5) is 14.6 Å². The first-order chi connectivity index (χ1) is 20.9. The molecule has 5 rings (SSSR count). The van der Waals surface area contributed by atoms with E-state index in [0.29, 0.717) is 0 Å². The number of fused-ring (bicyclic) bond motifs is 1. The first-order valence-electron chi connectivity index (χ1n) is 13.1. The molecule has 15 heteroatoms. The summed E-state index contributed by atoms with van der Waals surface area (Å²) in [4.78, 5) is 45.4. The standard InChI is InChI=1S/C29H24ClF2N7O4S/c1-5-23(40)37-11-12-38(17(15-37)14-33-3)27-18-13-21(32)25(24-19(30)7-6-8-20(24)31)35-28(18)39(29(41)36-27)26-16(2)34-10-9-22(26)44(4,42)43/h5-10,13,17H,1,11-12,14-15H2,2,4H3/t17-/m0/s1. The molecule has 1 aromatic carbocycles. The third-order valence-corrected chi connectivity index (χ3v) is 8.68. The molecule has 4 heterocycles. The van der Waals surface area contributed by atoms with Crippen LogP contribution < -0.4 is 10.6 Å². The van der Waals surface area contributed by atoms with Gasteiger partial charge in [0.2, 0.25) is 12.5 Å². The van der Waals surface area contributed by atoms with E-state index in [0.717, 1.165) is 29.0 Å². The van der Waals surface area contributed by atoms with E-state index in [2.05, 4.69) is 26.4 Å². The molecular formula is C29H24ClF2N7O4S. The van der Waals surface area contributed by atoms with Crippen LogP contribution in [0.3, 0.4) is 0 Å². The number of carbonyl (C=O) groups is 1. The Morgan fingerprint density at radius 1 is 1.23 bits per heavy atom. The summed E-state index contributed by atoms with van der Waals surface area (Å²) >= 11 is 6.25. The largest absolute Gasteiger partial charge is 0.355 e. The molecule has 226 valence electrons. The maximum Gasteiger partial charge on any atom is 0.355 e. The molecule has 0 N–H and O–H groups in total. The molecule has 1 aliphatic heterocycles. The number of amides is 1.